The van der Waals surface area contributed by atoms with E-state index in [-0.39, 0.29) is 12.5 Å². The van der Waals surface area contributed by atoms with Gasteiger partial charge in [0.05, 0.1) is 22.8 Å². The number of nitrogens with zero attached hydrogens (tertiary/aromatic N) is 2. The first kappa shape index (κ1) is 18.3. The number of carbonyl (C=O) groups is 3. The molecule has 0 aliphatic carbocycles. The third kappa shape index (κ3) is 3.44. The molecule has 0 aromatic heterocycles. The minimum Gasteiger partial charge on any atom is -0.459 e. The molecule has 27 heavy (non-hydrogen) atoms. The van der Waals surface area contributed by atoms with Gasteiger partial charge in [-0.2, -0.15) is 5.26 Å². The minimum atomic E-state index is -1.00. The number of fused-ring (bicyclic) bond motifs is 1. The zero-order chi connectivity index (χ0) is 19.6. The fraction of sp³-hybridized carbons (Fsp3) is 0.238. The molecule has 0 unspecified atom stereocenters. The smallest absolute Gasteiger partial charge is 0.329 e. The van der Waals surface area contributed by atoms with E-state index in [0.29, 0.717) is 22.3 Å². The maximum Gasteiger partial charge on any atom is 0.329 e. The molecule has 0 bridgehead atoms. The zero-order valence-electron chi connectivity index (χ0n) is 15.0. The maximum atomic E-state index is 12.7. The van der Waals surface area contributed by atoms with Crippen molar-refractivity contribution in [2.45, 2.75) is 26.5 Å². The summed E-state index contributed by atoms with van der Waals surface area (Å²) in [6.45, 7) is 3.52. The van der Waals surface area contributed by atoms with Gasteiger partial charge in [-0.1, -0.05) is 38.1 Å². The molecule has 1 aliphatic heterocycles. The van der Waals surface area contributed by atoms with Crippen LogP contribution in [0.15, 0.2) is 48.5 Å². The van der Waals surface area contributed by atoms with Crippen molar-refractivity contribution in [3.05, 3.63) is 70.8 Å². The van der Waals surface area contributed by atoms with Crippen LogP contribution in [0.5, 0.6) is 0 Å². The van der Waals surface area contributed by atoms with Crippen molar-refractivity contribution < 1.29 is 19.1 Å². The molecule has 2 amide bonds. The van der Waals surface area contributed by atoms with Gasteiger partial charge >= 0.3 is 5.97 Å². The summed E-state index contributed by atoms with van der Waals surface area (Å²) < 4.78 is 5.37. The number of carbonyl (C=O) groups excluding carboxylic acids is 3. The average Bonchev–Trinajstić information content (AvgIpc) is 2.92. The van der Waals surface area contributed by atoms with Crippen LogP contribution in [0.25, 0.3) is 0 Å². The van der Waals surface area contributed by atoms with E-state index in [9.17, 15) is 14.4 Å². The summed E-state index contributed by atoms with van der Waals surface area (Å²) in [4.78, 5) is 39.0. The van der Waals surface area contributed by atoms with E-state index in [1.807, 2.05) is 6.07 Å². The predicted molar refractivity (Wildman–Crippen MR) is 96.5 cm³/mol. The molecule has 3 rings (SSSR count). The van der Waals surface area contributed by atoms with E-state index >= 15 is 0 Å². The molecule has 1 atom stereocenters. The van der Waals surface area contributed by atoms with Crippen molar-refractivity contribution in [1.29, 1.82) is 5.26 Å². The lowest BCUT2D eigenvalue weighted by atomic mass is 10.0. The fourth-order valence-corrected chi connectivity index (χ4v) is 3.05. The number of ether oxygens (including phenoxy) is 1. The van der Waals surface area contributed by atoms with Crippen LogP contribution in [0.2, 0.25) is 0 Å². The van der Waals surface area contributed by atoms with Crippen molar-refractivity contribution in [3.63, 3.8) is 0 Å². The summed E-state index contributed by atoms with van der Waals surface area (Å²) in [6.07, 6.45) is 0. The van der Waals surface area contributed by atoms with Gasteiger partial charge in [-0.15, -0.1) is 0 Å². The molecule has 136 valence electrons. The summed E-state index contributed by atoms with van der Waals surface area (Å²) in [7, 11) is 0. The third-order valence-corrected chi connectivity index (χ3v) is 4.44. The van der Waals surface area contributed by atoms with Gasteiger partial charge in [0.2, 0.25) is 0 Å². The van der Waals surface area contributed by atoms with Crippen LogP contribution in [-0.2, 0) is 16.1 Å². The highest BCUT2D eigenvalue weighted by Crippen LogP contribution is 2.27. The highest BCUT2D eigenvalue weighted by molar-refractivity contribution is 6.22. The number of hydrogen-bond acceptors (Lipinski definition) is 5. The monoisotopic (exact) mass is 362 g/mol. The molecule has 0 saturated heterocycles. The Morgan fingerprint density at radius 2 is 1.59 bits per heavy atom. The Kier molecular flexibility index (Phi) is 5.04. The van der Waals surface area contributed by atoms with Gasteiger partial charge in [-0.25, -0.2) is 4.79 Å². The average molecular weight is 362 g/mol. The SMILES string of the molecule is CC(C)[C@@H](C(=O)OCc1ccc(C#N)cc1)N1C(=O)c2ccccc2C1=O. The van der Waals surface area contributed by atoms with E-state index < -0.39 is 23.8 Å². The number of benzene rings is 2. The molecule has 6 heteroatoms. The largest absolute Gasteiger partial charge is 0.459 e. The molecular formula is C21H18N2O4. The molecule has 1 aliphatic rings. The normalized spacial score (nSPS) is 14.1. The molecule has 2 aromatic carbocycles. The topological polar surface area (TPSA) is 87.5 Å². The molecule has 0 radical (unpaired) electrons. The van der Waals surface area contributed by atoms with Crippen LogP contribution < -0.4 is 0 Å². The first-order valence-corrected chi connectivity index (χ1v) is 8.56. The second-order valence-electron chi connectivity index (χ2n) is 6.63. The fourth-order valence-electron chi connectivity index (χ4n) is 3.05. The highest BCUT2D eigenvalue weighted by Gasteiger charge is 2.44. The van der Waals surface area contributed by atoms with Crippen LogP contribution in [0.3, 0.4) is 0 Å². The molecule has 0 spiro atoms. The number of esters is 1. The zero-order valence-corrected chi connectivity index (χ0v) is 15.0. The second kappa shape index (κ2) is 7.42. The van der Waals surface area contributed by atoms with Gasteiger partial charge in [-0.05, 0) is 35.7 Å². The molecule has 6 nitrogen and oxygen atoms in total. The van der Waals surface area contributed by atoms with Gasteiger partial charge in [0.1, 0.15) is 12.6 Å². The van der Waals surface area contributed by atoms with Crippen LogP contribution in [0, 0.1) is 17.2 Å². The number of nitriles is 1. The van der Waals surface area contributed by atoms with Crippen molar-refractivity contribution >= 4 is 17.8 Å². The minimum absolute atomic E-state index is 0.00304. The summed E-state index contributed by atoms with van der Waals surface area (Å²) >= 11 is 0. The number of imide groups is 1. The summed E-state index contributed by atoms with van der Waals surface area (Å²) in [5.74, 6) is -1.90. The second-order valence-corrected chi connectivity index (χ2v) is 6.63. The van der Waals surface area contributed by atoms with Gasteiger partial charge in [0, 0.05) is 0 Å². The van der Waals surface area contributed by atoms with Crippen LogP contribution in [0.4, 0.5) is 0 Å². The van der Waals surface area contributed by atoms with Crippen molar-refractivity contribution in [2.75, 3.05) is 0 Å². The molecule has 2 aromatic rings. The molecular weight excluding hydrogens is 344 g/mol. The highest BCUT2D eigenvalue weighted by atomic mass is 16.5. The first-order valence-electron chi connectivity index (χ1n) is 8.56. The Labute approximate surface area is 157 Å². The molecule has 0 N–H and O–H groups in total. The quantitative estimate of drug-likeness (QED) is 0.603. The Balaban J connectivity index is 1.77. The summed E-state index contributed by atoms with van der Waals surface area (Å²) in [5.41, 5.74) is 1.82. The predicted octanol–water partition coefficient (Wildman–Crippen LogP) is 2.92. The Morgan fingerprint density at radius 3 is 2.07 bits per heavy atom. The van der Waals surface area contributed by atoms with Gasteiger partial charge < -0.3 is 4.74 Å². The van der Waals surface area contributed by atoms with Gasteiger partial charge in [-0.3, -0.25) is 14.5 Å². The van der Waals surface area contributed by atoms with E-state index in [4.69, 9.17) is 10.00 Å². The maximum absolute atomic E-state index is 12.7. The van der Waals surface area contributed by atoms with Crippen molar-refractivity contribution in [3.8, 4) is 6.07 Å². The number of amides is 2. The van der Waals surface area contributed by atoms with Gasteiger partial charge in [0.15, 0.2) is 0 Å². The molecule has 0 fully saturated rings. The standard InChI is InChI=1S/C21H18N2O4/c1-13(2)18(21(26)27-12-15-9-7-14(11-22)8-10-15)23-19(24)16-5-3-4-6-17(16)20(23)25/h3-10,13,18H,12H2,1-2H3/t18-/m0/s1. The Hall–Kier alpha value is -3.46. The van der Waals surface area contributed by atoms with Gasteiger partial charge in [0.25, 0.3) is 11.8 Å². The Morgan fingerprint density at radius 1 is 1.04 bits per heavy atom. The van der Waals surface area contributed by atoms with Crippen LogP contribution in [-0.4, -0.2) is 28.7 Å². The molecule has 0 saturated carbocycles. The van der Waals surface area contributed by atoms with E-state index in [2.05, 4.69) is 0 Å². The summed E-state index contributed by atoms with van der Waals surface area (Å²) in [5, 5.41) is 8.82. The first-order chi connectivity index (χ1) is 12.9. The summed E-state index contributed by atoms with van der Waals surface area (Å²) in [6, 6.07) is 14.2. The van der Waals surface area contributed by atoms with E-state index in [1.165, 1.54) is 0 Å². The van der Waals surface area contributed by atoms with Crippen molar-refractivity contribution in [1.82, 2.24) is 4.90 Å². The van der Waals surface area contributed by atoms with Crippen LogP contribution >= 0.6 is 0 Å². The number of rotatable bonds is 5. The Bertz CT molecular complexity index is 906. The lowest BCUT2D eigenvalue weighted by molar-refractivity contribution is -0.151. The van der Waals surface area contributed by atoms with E-state index in [1.54, 1.807) is 62.4 Å². The number of hydrogen-bond donors (Lipinski definition) is 0. The van der Waals surface area contributed by atoms with Crippen molar-refractivity contribution in [2.24, 2.45) is 5.92 Å². The lowest BCUT2D eigenvalue weighted by Crippen LogP contribution is -2.48. The van der Waals surface area contributed by atoms with Crippen LogP contribution in [0.1, 0.15) is 45.7 Å². The van der Waals surface area contributed by atoms with E-state index in [0.717, 1.165) is 4.90 Å². The molecule has 1 heterocycles. The lowest BCUT2D eigenvalue weighted by Gasteiger charge is -2.27. The third-order valence-electron chi connectivity index (χ3n) is 4.44.